The minimum Gasteiger partial charge on any atom is -0.488 e. The van der Waals surface area contributed by atoms with Gasteiger partial charge < -0.3 is 19.1 Å². The van der Waals surface area contributed by atoms with E-state index in [0.29, 0.717) is 24.7 Å². The third kappa shape index (κ3) is 1.81. The van der Waals surface area contributed by atoms with Crippen molar-refractivity contribution in [2.24, 2.45) is 0 Å². The fourth-order valence-electron chi connectivity index (χ4n) is 1.35. The number of nitrogens with zero attached hydrogens (tertiary/aromatic N) is 1. The first-order valence-corrected chi connectivity index (χ1v) is 4.43. The molecule has 0 unspecified atom stereocenters. The smallest absolute Gasteiger partial charge is 0.323 e. The third-order valence-electron chi connectivity index (χ3n) is 1.93. The zero-order valence-corrected chi connectivity index (χ0v) is 7.60. The van der Waals surface area contributed by atoms with E-state index in [1.807, 2.05) is 0 Å². The molecule has 0 amide bonds. The predicted octanol–water partition coefficient (Wildman–Crippen LogP) is 0.734. The average Bonchev–Trinajstić information content (AvgIpc) is 2.34. The van der Waals surface area contributed by atoms with Crippen molar-refractivity contribution < 1.29 is 19.4 Å². The van der Waals surface area contributed by atoms with Crippen LogP contribution >= 0.6 is 0 Å². The Labute approximate surface area is 80.9 Å². The average molecular weight is 197 g/mol. The molecule has 1 aliphatic rings. The molecule has 14 heavy (non-hydrogen) atoms. The van der Waals surface area contributed by atoms with Crippen molar-refractivity contribution >= 4 is 5.97 Å². The number of ether oxygens (including phenoxy) is 2. The van der Waals surface area contributed by atoms with Crippen LogP contribution in [0.25, 0.3) is 0 Å². The van der Waals surface area contributed by atoms with Gasteiger partial charge in [0.1, 0.15) is 6.54 Å². The summed E-state index contributed by atoms with van der Waals surface area (Å²) in [6.07, 6.45) is 4.15. The number of hydrogen-bond acceptors (Lipinski definition) is 3. The lowest BCUT2D eigenvalue weighted by Crippen LogP contribution is -2.07. The van der Waals surface area contributed by atoms with Crippen molar-refractivity contribution in [2.75, 3.05) is 13.2 Å². The zero-order chi connectivity index (χ0) is 9.97. The third-order valence-corrected chi connectivity index (χ3v) is 1.93. The van der Waals surface area contributed by atoms with Crippen LogP contribution in [0.3, 0.4) is 0 Å². The largest absolute Gasteiger partial charge is 0.488 e. The lowest BCUT2D eigenvalue weighted by atomic mass is 10.5. The summed E-state index contributed by atoms with van der Waals surface area (Å²) in [6.45, 7) is 1.16. The molecular formula is C9H11NO4. The Hall–Kier alpha value is -1.65. The summed E-state index contributed by atoms with van der Waals surface area (Å²) in [5, 5.41) is 8.58. The van der Waals surface area contributed by atoms with E-state index in [-0.39, 0.29) is 6.54 Å². The van der Waals surface area contributed by atoms with E-state index in [1.165, 1.54) is 0 Å². The number of hydrogen-bond donors (Lipinski definition) is 1. The molecule has 1 N–H and O–H groups in total. The molecule has 0 aromatic carbocycles. The van der Waals surface area contributed by atoms with Gasteiger partial charge in [-0.15, -0.1) is 0 Å². The number of fused-ring (bicyclic) bond motifs is 1. The van der Waals surface area contributed by atoms with Crippen LogP contribution in [-0.4, -0.2) is 28.9 Å². The van der Waals surface area contributed by atoms with Gasteiger partial charge in [0.25, 0.3) is 0 Å². The summed E-state index contributed by atoms with van der Waals surface area (Å²) >= 11 is 0. The van der Waals surface area contributed by atoms with Gasteiger partial charge >= 0.3 is 5.97 Å². The molecule has 0 saturated heterocycles. The van der Waals surface area contributed by atoms with Crippen LogP contribution in [0.15, 0.2) is 12.4 Å². The molecule has 0 aliphatic carbocycles. The highest BCUT2D eigenvalue weighted by atomic mass is 16.5. The Balaban J connectivity index is 2.18. The molecule has 0 saturated carbocycles. The van der Waals surface area contributed by atoms with E-state index in [0.717, 1.165) is 6.42 Å². The SMILES string of the molecule is O=C(O)Cn1cc2c(c1)OCCCO2. The molecule has 2 rings (SSSR count). The molecule has 1 aromatic heterocycles. The summed E-state index contributed by atoms with van der Waals surface area (Å²) in [7, 11) is 0. The molecule has 0 atom stereocenters. The van der Waals surface area contributed by atoms with Crippen molar-refractivity contribution in [3.8, 4) is 11.5 Å². The standard InChI is InChI=1S/C9H11NO4/c11-9(12)6-10-4-7-8(5-10)14-3-1-2-13-7/h4-5H,1-3,6H2,(H,11,12). The van der Waals surface area contributed by atoms with Gasteiger partial charge in [-0.25, -0.2) is 0 Å². The number of carboxylic acids is 1. The van der Waals surface area contributed by atoms with E-state index in [4.69, 9.17) is 14.6 Å². The van der Waals surface area contributed by atoms with Gasteiger partial charge in [-0.1, -0.05) is 0 Å². The molecule has 0 radical (unpaired) electrons. The number of aromatic nitrogens is 1. The van der Waals surface area contributed by atoms with Crippen molar-refractivity contribution in [1.82, 2.24) is 4.57 Å². The predicted molar refractivity (Wildman–Crippen MR) is 47.7 cm³/mol. The molecule has 1 aromatic rings. The van der Waals surface area contributed by atoms with E-state index in [2.05, 4.69) is 0 Å². The topological polar surface area (TPSA) is 60.7 Å². The monoisotopic (exact) mass is 197 g/mol. The van der Waals surface area contributed by atoms with Crippen LogP contribution in [0.4, 0.5) is 0 Å². The second-order valence-corrected chi connectivity index (χ2v) is 3.10. The van der Waals surface area contributed by atoms with Gasteiger partial charge in [0.05, 0.1) is 25.6 Å². The number of aliphatic carboxylic acids is 1. The Bertz CT molecular complexity index is 321. The van der Waals surface area contributed by atoms with E-state index < -0.39 is 5.97 Å². The molecular weight excluding hydrogens is 186 g/mol. The molecule has 5 nitrogen and oxygen atoms in total. The van der Waals surface area contributed by atoms with Crippen molar-refractivity contribution in [2.45, 2.75) is 13.0 Å². The van der Waals surface area contributed by atoms with Gasteiger partial charge in [0, 0.05) is 6.42 Å². The van der Waals surface area contributed by atoms with E-state index in [1.54, 1.807) is 17.0 Å². The highest BCUT2D eigenvalue weighted by Gasteiger charge is 2.13. The van der Waals surface area contributed by atoms with Crippen LogP contribution in [-0.2, 0) is 11.3 Å². The Morgan fingerprint density at radius 1 is 1.36 bits per heavy atom. The van der Waals surface area contributed by atoms with Gasteiger partial charge in [-0.3, -0.25) is 4.79 Å². The molecule has 2 heterocycles. The quantitative estimate of drug-likeness (QED) is 0.759. The summed E-state index contributed by atoms with van der Waals surface area (Å²) in [5.41, 5.74) is 0. The second kappa shape index (κ2) is 3.61. The van der Waals surface area contributed by atoms with Gasteiger partial charge in [0.15, 0.2) is 11.5 Å². The maximum absolute atomic E-state index is 10.4. The fraction of sp³-hybridized carbons (Fsp3) is 0.444. The molecule has 0 bridgehead atoms. The molecule has 1 aliphatic heterocycles. The van der Waals surface area contributed by atoms with Gasteiger partial charge in [-0.2, -0.15) is 0 Å². The zero-order valence-electron chi connectivity index (χ0n) is 7.60. The van der Waals surface area contributed by atoms with Crippen LogP contribution in [0.2, 0.25) is 0 Å². The first-order chi connectivity index (χ1) is 6.75. The van der Waals surface area contributed by atoms with Crippen LogP contribution in [0.1, 0.15) is 6.42 Å². The first kappa shape index (κ1) is 8.93. The van der Waals surface area contributed by atoms with E-state index in [9.17, 15) is 4.79 Å². The second-order valence-electron chi connectivity index (χ2n) is 3.10. The summed E-state index contributed by atoms with van der Waals surface area (Å²) in [6, 6.07) is 0. The summed E-state index contributed by atoms with van der Waals surface area (Å²) < 4.78 is 12.3. The minimum atomic E-state index is -0.879. The molecule has 76 valence electrons. The Kier molecular flexibility index (Phi) is 2.30. The molecule has 0 spiro atoms. The number of carboxylic acid groups (broad SMARTS) is 1. The molecule has 5 heteroatoms. The lowest BCUT2D eigenvalue weighted by Gasteiger charge is -1.98. The van der Waals surface area contributed by atoms with Gasteiger partial charge in [0.2, 0.25) is 0 Å². The van der Waals surface area contributed by atoms with Gasteiger partial charge in [-0.05, 0) is 0 Å². The van der Waals surface area contributed by atoms with E-state index >= 15 is 0 Å². The maximum Gasteiger partial charge on any atom is 0.323 e. The summed E-state index contributed by atoms with van der Waals surface area (Å²) in [4.78, 5) is 10.4. The van der Waals surface area contributed by atoms with Crippen molar-refractivity contribution in [3.05, 3.63) is 12.4 Å². The highest BCUT2D eigenvalue weighted by molar-refractivity contribution is 5.66. The number of carbonyl (C=O) groups is 1. The first-order valence-electron chi connectivity index (χ1n) is 4.43. The van der Waals surface area contributed by atoms with Crippen LogP contribution in [0, 0.1) is 0 Å². The highest BCUT2D eigenvalue weighted by Crippen LogP contribution is 2.30. The minimum absolute atomic E-state index is 0.0697. The summed E-state index contributed by atoms with van der Waals surface area (Å²) in [5.74, 6) is 0.377. The lowest BCUT2D eigenvalue weighted by molar-refractivity contribution is -0.137. The van der Waals surface area contributed by atoms with Crippen molar-refractivity contribution in [3.63, 3.8) is 0 Å². The molecule has 0 fully saturated rings. The fourth-order valence-corrected chi connectivity index (χ4v) is 1.35. The normalized spacial score (nSPS) is 14.9. The van der Waals surface area contributed by atoms with Crippen LogP contribution in [0.5, 0.6) is 11.5 Å². The van der Waals surface area contributed by atoms with Crippen LogP contribution < -0.4 is 9.47 Å². The Morgan fingerprint density at radius 2 is 1.93 bits per heavy atom. The maximum atomic E-state index is 10.4. The van der Waals surface area contributed by atoms with Crippen molar-refractivity contribution in [1.29, 1.82) is 0 Å². The Morgan fingerprint density at radius 3 is 2.43 bits per heavy atom. The number of rotatable bonds is 2.